The van der Waals surface area contributed by atoms with Crippen molar-refractivity contribution < 1.29 is 9.90 Å². The van der Waals surface area contributed by atoms with Gasteiger partial charge < -0.3 is 10.0 Å². The van der Waals surface area contributed by atoms with E-state index in [2.05, 4.69) is 31.8 Å². The predicted molar refractivity (Wildman–Crippen MR) is 112 cm³/mol. The maximum atomic E-state index is 13.5. The fourth-order valence-electron chi connectivity index (χ4n) is 5.32. The number of amides is 1. The highest BCUT2D eigenvalue weighted by Gasteiger charge is 2.57. The Bertz CT molecular complexity index is 1100. The van der Waals surface area contributed by atoms with Crippen LogP contribution in [-0.2, 0) is 11.8 Å². The number of carbonyl (C=O) groups is 1. The summed E-state index contributed by atoms with van der Waals surface area (Å²) in [6.45, 7) is 7.58. The molecule has 2 aromatic carbocycles. The Hall–Kier alpha value is -2.40. The number of rotatable bonds is 1. The Kier molecular flexibility index (Phi) is 3.66. The van der Waals surface area contributed by atoms with Gasteiger partial charge in [0, 0.05) is 23.6 Å². The van der Waals surface area contributed by atoms with Gasteiger partial charge in [0.05, 0.1) is 15.7 Å². The molecule has 0 spiro atoms. The molecule has 0 saturated carbocycles. The average molecular weight is 393 g/mol. The maximum absolute atomic E-state index is 13.5. The first kappa shape index (κ1) is 17.7. The Labute approximate surface area is 168 Å². The molecule has 0 unspecified atom stereocenters. The quantitative estimate of drug-likeness (QED) is 0.650. The lowest BCUT2D eigenvalue weighted by Crippen LogP contribution is -2.64. The molecule has 144 valence electrons. The Morgan fingerprint density at radius 1 is 1.25 bits per heavy atom. The third-order valence-corrected chi connectivity index (χ3v) is 8.26. The number of thiazole rings is 1. The topological polar surface area (TPSA) is 53.4 Å². The summed E-state index contributed by atoms with van der Waals surface area (Å²) >= 11 is 1.56. The molecule has 1 N–H and O–H groups in total. The second-order valence-electron chi connectivity index (χ2n) is 8.86. The van der Waals surface area contributed by atoms with Crippen LogP contribution in [0.1, 0.15) is 48.7 Å². The summed E-state index contributed by atoms with van der Waals surface area (Å²) in [6.07, 6.45) is 1.58. The number of aromatic hydroxyl groups is 1. The summed E-state index contributed by atoms with van der Waals surface area (Å²) < 4.78 is 1.04. The van der Waals surface area contributed by atoms with Gasteiger partial charge >= 0.3 is 0 Å². The number of hydrogen-bond donors (Lipinski definition) is 1. The molecular weight excluding hydrogens is 368 g/mol. The van der Waals surface area contributed by atoms with Crippen LogP contribution in [0, 0.1) is 5.41 Å². The lowest BCUT2D eigenvalue weighted by atomic mass is 9.51. The number of phenols is 1. The van der Waals surface area contributed by atoms with E-state index in [9.17, 15) is 9.90 Å². The molecule has 1 aliphatic heterocycles. The molecule has 5 rings (SSSR count). The number of hydrogen-bond acceptors (Lipinski definition) is 4. The monoisotopic (exact) mass is 392 g/mol. The molecule has 1 aliphatic carbocycles. The summed E-state index contributed by atoms with van der Waals surface area (Å²) in [6, 6.07) is 11.7. The minimum Gasteiger partial charge on any atom is -0.508 e. The molecule has 0 radical (unpaired) electrons. The third kappa shape index (κ3) is 2.23. The van der Waals surface area contributed by atoms with Crippen LogP contribution in [0.15, 0.2) is 41.9 Å². The van der Waals surface area contributed by atoms with Crippen molar-refractivity contribution in [3.63, 3.8) is 0 Å². The van der Waals surface area contributed by atoms with Gasteiger partial charge in [0.15, 0.2) is 0 Å². The highest BCUT2D eigenvalue weighted by molar-refractivity contribution is 7.16. The molecule has 2 aliphatic rings. The standard InChI is InChI=1S/C23H24N2O2S/c1-22(2)20-12-15-16(5-4-6-18(15)26)23(22,3)9-10-25(20)21(27)14-7-8-17-19(11-14)28-13-24-17/h4-8,11,13,20,26H,9-10,12H2,1-3H3/t20-,23+/m1/s1. The second-order valence-corrected chi connectivity index (χ2v) is 9.75. The lowest BCUT2D eigenvalue weighted by Gasteiger charge is -2.60. The number of piperidine rings is 1. The molecule has 28 heavy (non-hydrogen) atoms. The molecule has 1 saturated heterocycles. The van der Waals surface area contributed by atoms with E-state index in [0.717, 1.165) is 34.3 Å². The first-order valence-electron chi connectivity index (χ1n) is 9.78. The number of nitrogens with zero attached hydrogens (tertiary/aromatic N) is 2. The Morgan fingerprint density at radius 2 is 2.07 bits per heavy atom. The van der Waals surface area contributed by atoms with Gasteiger partial charge in [-0.25, -0.2) is 4.98 Å². The van der Waals surface area contributed by atoms with E-state index in [1.165, 1.54) is 5.56 Å². The van der Waals surface area contributed by atoms with Crippen molar-refractivity contribution in [3.05, 3.63) is 58.6 Å². The number of likely N-dealkylation sites (tertiary alicyclic amines) is 1. The van der Waals surface area contributed by atoms with Crippen LogP contribution in [0.3, 0.4) is 0 Å². The summed E-state index contributed by atoms with van der Waals surface area (Å²) in [5, 5.41) is 10.5. The molecule has 2 atom stereocenters. The van der Waals surface area contributed by atoms with Gasteiger partial charge in [0.1, 0.15) is 5.75 Å². The van der Waals surface area contributed by atoms with Gasteiger partial charge in [-0.05, 0) is 53.6 Å². The highest BCUT2D eigenvalue weighted by atomic mass is 32.1. The van der Waals surface area contributed by atoms with Crippen LogP contribution in [0.25, 0.3) is 10.2 Å². The average Bonchev–Trinajstić information content (AvgIpc) is 3.12. The van der Waals surface area contributed by atoms with Crippen molar-refractivity contribution in [1.29, 1.82) is 0 Å². The fraction of sp³-hybridized carbons (Fsp3) is 0.391. The molecule has 2 heterocycles. The number of fused-ring (bicyclic) bond motifs is 5. The first-order valence-corrected chi connectivity index (χ1v) is 10.7. The molecule has 5 heteroatoms. The summed E-state index contributed by atoms with van der Waals surface area (Å²) in [5.41, 5.74) is 5.56. The van der Waals surface area contributed by atoms with Crippen molar-refractivity contribution in [3.8, 4) is 5.75 Å². The van der Waals surface area contributed by atoms with E-state index in [0.29, 0.717) is 12.2 Å². The van der Waals surface area contributed by atoms with E-state index in [1.807, 2.05) is 34.7 Å². The zero-order valence-corrected chi connectivity index (χ0v) is 17.2. The maximum Gasteiger partial charge on any atom is 0.254 e. The zero-order chi connectivity index (χ0) is 19.7. The summed E-state index contributed by atoms with van der Waals surface area (Å²) in [5.74, 6) is 0.430. The highest BCUT2D eigenvalue weighted by Crippen LogP contribution is 2.57. The van der Waals surface area contributed by atoms with E-state index in [4.69, 9.17) is 0 Å². The number of phenolic OH excluding ortho intramolecular Hbond substituents is 1. The lowest BCUT2D eigenvalue weighted by molar-refractivity contribution is -0.0266. The Morgan fingerprint density at radius 3 is 2.89 bits per heavy atom. The summed E-state index contributed by atoms with van der Waals surface area (Å²) in [4.78, 5) is 19.9. The van der Waals surface area contributed by atoms with Crippen LogP contribution in [0.4, 0.5) is 0 Å². The van der Waals surface area contributed by atoms with Gasteiger partial charge in [-0.15, -0.1) is 11.3 Å². The van der Waals surface area contributed by atoms with Crippen molar-refractivity contribution in [2.24, 2.45) is 5.41 Å². The van der Waals surface area contributed by atoms with Crippen LogP contribution in [-0.4, -0.2) is 33.5 Å². The zero-order valence-electron chi connectivity index (χ0n) is 16.4. The molecular formula is C23H24N2O2S. The molecule has 1 aromatic heterocycles. The van der Waals surface area contributed by atoms with E-state index >= 15 is 0 Å². The van der Waals surface area contributed by atoms with Gasteiger partial charge in [-0.1, -0.05) is 32.9 Å². The van der Waals surface area contributed by atoms with Crippen molar-refractivity contribution in [1.82, 2.24) is 9.88 Å². The molecule has 4 nitrogen and oxygen atoms in total. The molecule has 1 amide bonds. The van der Waals surface area contributed by atoms with Crippen LogP contribution in [0.5, 0.6) is 5.75 Å². The van der Waals surface area contributed by atoms with Gasteiger partial charge in [-0.2, -0.15) is 0 Å². The van der Waals surface area contributed by atoms with Crippen molar-refractivity contribution in [2.45, 2.75) is 45.1 Å². The minimum atomic E-state index is -0.0870. The minimum absolute atomic E-state index is 0.0525. The van der Waals surface area contributed by atoms with Gasteiger partial charge in [0.25, 0.3) is 5.91 Å². The fourth-order valence-corrected chi connectivity index (χ4v) is 6.04. The smallest absolute Gasteiger partial charge is 0.254 e. The largest absolute Gasteiger partial charge is 0.508 e. The van der Waals surface area contributed by atoms with Crippen LogP contribution >= 0.6 is 11.3 Å². The van der Waals surface area contributed by atoms with Gasteiger partial charge in [-0.3, -0.25) is 4.79 Å². The number of carbonyl (C=O) groups excluding carboxylic acids is 1. The van der Waals surface area contributed by atoms with Crippen molar-refractivity contribution in [2.75, 3.05) is 6.54 Å². The Balaban J connectivity index is 1.58. The molecule has 1 fully saturated rings. The number of aromatic nitrogens is 1. The van der Waals surface area contributed by atoms with Crippen LogP contribution in [0.2, 0.25) is 0 Å². The third-order valence-electron chi connectivity index (χ3n) is 7.47. The van der Waals surface area contributed by atoms with E-state index < -0.39 is 0 Å². The summed E-state index contributed by atoms with van der Waals surface area (Å²) in [7, 11) is 0. The molecule has 3 aromatic rings. The van der Waals surface area contributed by atoms with Crippen LogP contribution < -0.4 is 0 Å². The first-order chi connectivity index (χ1) is 13.3. The molecule has 2 bridgehead atoms. The van der Waals surface area contributed by atoms with Gasteiger partial charge in [0.2, 0.25) is 0 Å². The van der Waals surface area contributed by atoms with Crippen molar-refractivity contribution >= 4 is 27.5 Å². The van der Waals surface area contributed by atoms with E-state index in [-0.39, 0.29) is 22.8 Å². The SMILES string of the molecule is CC1(C)[C@H]2Cc3c(O)cccc3[C@]1(C)CCN2C(=O)c1ccc2ncsc2c1. The second kappa shape index (κ2) is 5.80. The van der Waals surface area contributed by atoms with E-state index in [1.54, 1.807) is 17.4 Å². The number of benzene rings is 2. The predicted octanol–water partition coefficient (Wildman–Crippen LogP) is 4.76. The normalized spacial score (nSPS) is 25.5.